The van der Waals surface area contributed by atoms with Crippen LogP contribution in [0.4, 0.5) is 16.2 Å². The van der Waals surface area contributed by atoms with Crippen molar-refractivity contribution in [1.82, 2.24) is 4.90 Å². The van der Waals surface area contributed by atoms with Gasteiger partial charge in [0.05, 0.1) is 4.90 Å². The van der Waals surface area contributed by atoms with E-state index in [1.54, 1.807) is 17.0 Å². The first-order chi connectivity index (χ1) is 12.8. The lowest BCUT2D eigenvalue weighted by molar-refractivity contribution is 0.197. The molecule has 7 heteroatoms. The number of carbonyl (C=O) groups is 1. The fourth-order valence-electron chi connectivity index (χ4n) is 3.10. The number of aryl methyl sites for hydroxylation is 1. The molecule has 2 aromatic rings. The average molecular weight is 388 g/mol. The van der Waals surface area contributed by atoms with Crippen molar-refractivity contribution >= 4 is 27.2 Å². The van der Waals surface area contributed by atoms with E-state index < -0.39 is 9.84 Å². The number of piperidine rings is 1. The second-order valence-electron chi connectivity index (χ2n) is 7.00. The first-order valence-electron chi connectivity index (χ1n) is 9.00. The molecule has 0 unspecified atom stereocenters. The number of nitrogens with one attached hydrogen (secondary N) is 2. The lowest BCUT2D eigenvalue weighted by atomic mass is 10.0. The van der Waals surface area contributed by atoms with Crippen LogP contribution < -0.4 is 10.6 Å². The number of hydrogen-bond donors (Lipinski definition) is 2. The number of amides is 2. The molecule has 1 aliphatic rings. The third-order valence-electron chi connectivity index (χ3n) is 4.74. The van der Waals surface area contributed by atoms with Gasteiger partial charge in [0.1, 0.15) is 0 Å². The summed E-state index contributed by atoms with van der Waals surface area (Å²) in [5, 5.41) is 6.36. The molecule has 1 heterocycles. The van der Waals surface area contributed by atoms with Crippen LogP contribution in [-0.4, -0.2) is 44.7 Å². The maximum atomic E-state index is 12.4. The molecule has 6 nitrogen and oxygen atoms in total. The highest BCUT2D eigenvalue weighted by atomic mass is 32.2. The Balaban J connectivity index is 1.50. The summed E-state index contributed by atoms with van der Waals surface area (Å²) < 4.78 is 23.0. The highest BCUT2D eigenvalue weighted by Crippen LogP contribution is 2.19. The Bertz CT molecular complexity index is 885. The lowest BCUT2D eigenvalue weighted by Gasteiger charge is -2.33. The minimum Gasteiger partial charge on any atom is -0.382 e. The Kier molecular flexibility index (Phi) is 5.70. The summed E-state index contributed by atoms with van der Waals surface area (Å²) in [5.41, 5.74) is 2.93. The molecule has 0 aromatic heterocycles. The molecule has 0 saturated carbocycles. The zero-order chi connectivity index (χ0) is 19.4. The van der Waals surface area contributed by atoms with Gasteiger partial charge in [-0.3, -0.25) is 0 Å². The Hall–Kier alpha value is -2.54. The minimum absolute atomic E-state index is 0.157. The smallest absolute Gasteiger partial charge is 0.321 e. The molecule has 3 rings (SSSR count). The zero-order valence-electron chi connectivity index (χ0n) is 15.6. The van der Waals surface area contributed by atoms with E-state index >= 15 is 0 Å². The summed E-state index contributed by atoms with van der Waals surface area (Å²) in [6.45, 7) is 3.42. The van der Waals surface area contributed by atoms with E-state index in [1.807, 2.05) is 0 Å². The van der Waals surface area contributed by atoms with E-state index in [4.69, 9.17) is 0 Å². The molecule has 0 radical (unpaired) electrons. The van der Waals surface area contributed by atoms with Gasteiger partial charge in [-0.15, -0.1) is 0 Å². The summed E-state index contributed by atoms with van der Waals surface area (Å²) in [6, 6.07) is 14.7. The zero-order valence-corrected chi connectivity index (χ0v) is 16.4. The molecule has 0 aliphatic carbocycles. The van der Waals surface area contributed by atoms with Crippen molar-refractivity contribution in [3.63, 3.8) is 0 Å². The summed E-state index contributed by atoms with van der Waals surface area (Å²) in [5.74, 6) is 0. The first-order valence-corrected chi connectivity index (χ1v) is 10.9. The SMILES string of the molecule is Cc1ccc(NC2CCN(C(=O)Nc3ccc(S(C)(=O)=O)cc3)CC2)cc1. The first kappa shape index (κ1) is 19.2. The maximum Gasteiger partial charge on any atom is 0.321 e. The normalized spacial score (nSPS) is 15.4. The average Bonchev–Trinajstić information content (AvgIpc) is 2.64. The van der Waals surface area contributed by atoms with E-state index in [-0.39, 0.29) is 10.9 Å². The molecule has 0 atom stereocenters. The number of urea groups is 1. The summed E-state index contributed by atoms with van der Waals surface area (Å²) >= 11 is 0. The van der Waals surface area contributed by atoms with Crippen LogP contribution in [0.2, 0.25) is 0 Å². The van der Waals surface area contributed by atoms with Crippen LogP contribution in [0.3, 0.4) is 0 Å². The summed E-state index contributed by atoms with van der Waals surface area (Å²) in [4.78, 5) is 14.5. The Morgan fingerprint density at radius 3 is 2.07 bits per heavy atom. The van der Waals surface area contributed by atoms with Crippen LogP contribution in [0, 0.1) is 6.92 Å². The van der Waals surface area contributed by atoms with Crippen molar-refractivity contribution in [2.45, 2.75) is 30.7 Å². The maximum absolute atomic E-state index is 12.4. The second-order valence-corrected chi connectivity index (χ2v) is 9.01. The van der Waals surface area contributed by atoms with E-state index in [0.717, 1.165) is 24.8 Å². The Labute approximate surface area is 160 Å². The Morgan fingerprint density at radius 1 is 0.963 bits per heavy atom. The van der Waals surface area contributed by atoms with Crippen LogP contribution in [-0.2, 0) is 9.84 Å². The molecular formula is C20H25N3O3S. The van der Waals surface area contributed by atoms with Crippen LogP contribution in [0.15, 0.2) is 53.4 Å². The highest BCUT2D eigenvalue weighted by Gasteiger charge is 2.22. The molecule has 0 spiro atoms. The fraction of sp³-hybridized carbons (Fsp3) is 0.350. The van der Waals surface area contributed by atoms with Crippen molar-refractivity contribution in [3.05, 3.63) is 54.1 Å². The van der Waals surface area contributed by atoms with E-state index in [1.165, 1.54) is 17.7 Å². The molecule has 144 valence electrons. The van der Waals surface area contributed by atoms with Crippen molar-refractivity contribution in [1.29, 1.82) is 0 Å². The van der Waals surface area contributed by atoms with Gasteiger partial charge in [-0.05, 0) is 56.2 Å². The van der Waals surface area contributed by atoms with Crippen LogP contribution in [0.5, 0.6) is 0 Å². The van der Waals surface area contributed by atoms with Crippen LogP contribution in [0.1, 0.15) is 18.4 Å². The molecule has 1 fully saturated rings. The summed E-state index contributed by atoms with van der Waals surface area (Å²) in [7, 11) is -3.23. The third-order valence-corrected chi connectivity index (χ3v) is 5.87. The Morgan fingerprint density at radius 2 is 1.52 bits per heavy atom. The number of nitrogens with zero attached hydrogens (tertiary/aromatic N) is 1. The number of sulfone groups is 1. The van der Waals surface area contributed by atoms with Crippen molar-refractivity contribution in [2.75, 3.05) is 30.0 Å². The standard InChI is InChI=1S/C20H25N3O3S/c1-15-3-5-16(6-4-15)21-18-11-13-23(14-12-18)20(24)22-17-7-9-19(10-8-17)27(2,25)26/h3-10,18,21H,11-14H2,1-2H3,(H,22,24). The number of hydrogen-bond acceptors (Lipinski definition) is 4. The molecule has 0 bridgehead atoms. The predicted octanol–water partition coefficient (Wildman–Crippen LogP) is 3.51. The number of carbonyl (C=O) groups excluding carboxylic acids is 1. The van der Waals surface area contributed by atoms with Gasteiger partial charge in [0, 0.05) is 36.8 Å². The number of rotatable bonds is 4. The van der Waals surface area contributed by atoms with Gasteiger partial charge in [-0.1, -0.05) is 17.7 Å². The molecular weight excluding hydrogens is 362 g/mol. The molecule has 1 saturated heterocycles. The monoisotopic (exact) mass is 387 g/mol. The van der Waals surface area contributed by atoms with Crippen molar-refractivity contribution in [2.24, 2.45) is 0 Å². The predicted molar refractivity (Wildman–Crippen MR) is 108 cm³/mol. The molecule has 2 amide bonds. The second kappa shape index (κ2) is 8.00. The van der Waals surface area contributed by atoms with Gasteiger partial charge >= 0.3 is 6.03 Å². The van der Waals surface area contributed by atoms with Gasteiger partial charge in [0.2, 0.25) is 0 Å². The van der Waals surface area contributed by atoms with E-state index in [2.05, 4.69) is 41.8 Å². The van der Waals surface area contributed by atoms with Gasteiger partial charge in [-0.25, -0.2) is 13.2 Å². The molecule has 2 aromatic carbocycles. The summed E-state index contributed by atoms with van der Waals surface area (Å²) in [6.07, 6.45) is 2.93. The molecule has 2 N–H and O–H groups in total. The van der Waals surface area contributed by atoms with Gasteiger partial charge in [-0.2, -0.15) is 0 Å². The van der Waals surface area contributed by atoms with E-state index in [9.17, 15) is 13.2 Å². The van der Waals surface area contributed by atoms with Gasteiger partial charge in [0.15, 0.2) is 9.84 Å². The number of benzene rings is 2. The number of anilines is 2. The van der Waals surface area contributed by atoms with Crippen molar-refractivity contribution < 1.29 is 13.2 Å². The topological polar surface area (TPSA) is 78.5 Å². The van der Waals surface area contributed by atoms with Crippen LogP contribution in [0.25, 0.3) is 0 Å². The number of likely N-dealkylation sites (tertiary alicyclic amines) is 1. The quantitative estimate of drug-likeness (QED) is 0.842. The van der Waals surface area contributed by atoms with Crippen molar-refractivity contribution in [3.8, 4) is 0 Å². The largest absolute Gasteiger partial charge is 0.382 e. The fourth-order valence-corrected chi connectivity index (χ4v) is 3.73. The van der Waals surface area contributed by atoms with Gasteiger partial charge < -0.3 is 15.5 Å². The van der Waals surface area contributed by atoms with Gasteiger partial charge in [0.25, 0.3) is 0 Å². The minimum atomic E-state index is -3.23. The van der Waals surface area contributed by atoms with Crippen LogP contribution >= 0.6 is 0 Å². The molecule has 27 heavy (non-hydrogen) atoms. The third kappa shape index (κ3) is 5.23. The van der Waals surface area contributed by atoms with E-state index in [0.29, 0.717) is 24.8 Å². The highest BCUT2D eigenvalue weighted by molar-refractivity contribution is 7.90. The lowest BCUT2D eigenvalue weighted by Crippen LogP contribution is -2.44. The molecule has 1 aliphatic heterocycles.